The molecule has 0 unspecified atom stereocenters. The Morgan fingerprint density at radius 2 is 1.50 bits per heavy atom. The van der Waals surface area contributed by atoms with E-state index in [1.807, 2.05) is 0 Å². The van der Waals surface area contributed by atoms with Crippen LogP contribution in [0.5, 0.6) is 0 Å². The first-order valence-electron chi connectivity index (χ1n) is 4.28. The predicted octanol–water partition coefficient (Wildman–Crippen LogP) is 3.22. The third-order valence-corrected chi connectivity index (χ3v) is 6.85. The molecule has 0 saturated carbocycles. The summed E-state index contributed by atoms with van der Waals surface area (Å²) in [4.78, 5) is 0. The van der Waals surface area contributed by atoms with Gasteiger partial charge in [0, 0.05) is 8.07 Å². The molecule has 0 amide bonds. The highest BCUT2D eigenvalue weighted by Gasteiger charge is 2.20. The molecule has 0 nitrogen and oxygen atoms in total. The molecule has 1 rings (SSSR count). The Labute approximate surface area is 69.8 Å². The van der Waals surface area contributed by atoms with Crippen molar-refractivity contribution in [1.82, 2.24) is 0 Å². The first-order valence-corrected chi connectivity index (χ1v) is 8.85. The third-order valence-electron chi connectivity index (χ3n) is 2.28. The summed E-state index contributed by atoms with van der Waals surface area (Å²) < 4.78 is 0. The second-order valence-electron chi connectivity index (χ2n) is 3.98. The van der Waals surface area contributed by atoms with Crippen LogP contribution in [0.2, 0.25) is 25.2 Å². The van der Waals surface area contributed by atoms with Crippen LogP contribution >= 0.6 is 11.8 Å². The van der Waals surface area contributed by atoms with Gasteiger partial charge in [-0.15, -0.1) is 0 Å². The van der Waals surface area contributed by atoms with Crippen molar-refractivity contribution >= 4 is 19.8 Å². The van der Waals surface area contributed by atoms with E-state index in [1.165, 1.54) is 24.3 Å². The number of rotatable bonds is 0. The van der Waals surface area contributed by atoms with Crippen LogP contribution in [0.3, 0.4) is 0 Å². The molecule has 10 heavy (non-hydrogen) atoms. The van der Waals surface area contributed by atoms with Crippen molar-refractivity contribution in [2.24, 2.45) is 0 Å². The molecule has 0 aromatic rings. The van der Waals surface area contributed by atoms with Gasteiger partial charge in [0.1, 0.15) is 0 Å². The minimum Gasteiger partial charge on any atom is -0.162 e. The van der Waals surface area contributed by atoms with Gasteiger partial charge in [0.05, 0.1) is 0 Å². The van der Waals surface area contributed by atoms with E-state index in [1.54, 1.807) is 12.1 Å². The molecule has 1 aliphatic rings. The Kier molecular flexibility index (Phi) is 3.30. The molecule has 1 saturated heterocycles. The zero-order valence-corrected chi connectivity index (χ0v) is 8.97. The highest BCUT2D eigenvalue weighted by atomic mass is 32.2. The van der Waals surface area contributed by atoms with Gasteiger partial charge in [0.15, 0.2) is 0 Å². The Balaban J connectivity index is 2.30. The minimum absolute atomic E-state index is 0.686. The van der Waals surface area contributed by atoms with Crippen molar-refractivity contribution in [1.29, 1.82) is 0 Å². The van der Waals surface area contributed by atoms with E-state index in [9.17, 15) is 0 Å². The second kappa shape index (κ2) is 3.81. The Bertz CT molecular complexity index is 91.4. The van der Waals surface area contributed by atoms with Gasteiger partial charge in [-0.3, -0.25) is 0 Å². The summed E-state index contributed by atoms with van der Waals surface area (Å²) >= 11 is 2.15. The number of hydrogen-bond acceptors (Lipinski definition) is 1. The number of thioether (sulfide) groups is 1. The van der Waals surface area contributed by atoms with E-state index < -0.39 is 8.07 Å². The lowest BCUT2D eigenvalue weighted by atomic mass is 10.5. The van der Waals surface area contributed by atoms with E-state index in [0.29, 0.717) is 0 Å². The molecular formula is C8H18SSi. The van der Waals surface area contributed by atoms with Gasteiger partial charge in [0.2, 0.25) is 0 Å². The molecule has 0 N–H and O–H groups in total. The average Bonchev–Trinajstić information content (AvgIpc) is 1.81. The summed E-state index contributed by atoms with van der Waals surface area (Å²) in [5.41, 5.74) is 0. The molecule has 0 aliphatic carbocycles. The predicted molar refractivity (Wildman–Crippen MR) is 53.7 cm³/mol. The monoisotopic (exact) mass is 174 g/mol. The van der Waals surface area contributed by atoms with Crippen LogP contribution in [0, 0.1) is 0 Å². The Morgan fingerprint density at radius 1 is 1.00 bits per heavy atom. The second-order valence-corrected chi connectivity index (χ2v) is 10.5. The van der Waals surface area contributed by atoms with Crippen LogP contribution in [-0.2, 0) is 0 Å². The summed E-state index contributed by atoms with van der Waals surface area (Å²) in [6, 6.07) is 3.14. The SMILES string of the molecule is C[Si]1(C)CCCSCCC1. The maximum absolute atomic E-state index is 2.54. The fourth-order valence-corrected chi connectivity index (χ4v) is 5.46. The summed E-state index contributed by atoms with van der Waals surface area (Å²) in [5, 5.41) is 0. The minimum atomic E-state index is -0.686. The number of hydrogen-bond donors (Lipinski definition) is 0. The fourth-order valence-electron chi connectivity index (χ4n) is 1.53. The zero-order valence-electron chi connectivity index (χ0n) is 7.15. The molecule has 0 radical (unpaired) electrons. The van der Waals surface area contributed by atoms with Gasteiger partial charge in [-0.1, -0.05) is 25.2 Å². The van der Waals surface area contributed by atoms with E-state index in [-0.39, 0.29) is 0 Å². The molecule has 1 heterocycles. The molecule has 60 valence electrons. The van der Waals surface area contributed by atoms with Gasteiger partial charge in [-0.05, 0) is 24.3 Å². The molecule has 1 fully saturated rings. The molecule has 1 aliphatic heterocycles. The van der Waals surface area contributed by atoms with Crippen LogP contribution < -0.4 is 0 Å². The first kappa shape index (κ1) is 8.66. The van der Waals surface area contributed by atoms with E-state index in [2.05, 4.69) is 24.9 Å². The summed E-state index contributed by atoms with van der Waals surface area (Å²) in [7, 11) is -0.686. The van der Waals surface area contributed by atoms with E-state index in [0.717, 1.165) is 0 Å². The fraction of sp³-hybridized carbons (Fsp3) is 1.00. The highest BCUT2D eigenvalue weighted by molar-refractivity contribution is 7.99. The molecule has 0 atom stereocenters. The van der Waals surface area contributed by atoms with Gasteiger partial charge in [-0.2, -0.15) is 11.8 Å². The van der Waals surface area contributed by atoms with Gasteiger partial charge < -0.3 is 0 Å². The molecule has 2 heteroatoms. The summed E-state index contributed by atoms with van der Waals surface area (Å²) in [5.74, 6) is 2.85. The van der Waals surface area contributed by atoms with Gasteiger partial charge in [0.25, 0.3) is 0 Å². The van der Waals surface area contributed by atoms with Gasteiger partial charge >= 0.3 is 0 Å². The maximum atomic E-state index is 2.54. The van der Waals surface area contributed by atoms with E-state index >= 15 is 0 Å². The molecule has 0 aromatic heterocycles. The van der Waals surface area contributed by atoms with Crippen molar-refractivity contribution in [3.63, 3.8) is 0 Å². The lowest BCUT2D eigenvalue weighted by Gasteiger charge is -2.24. The Morgan fingerprint density at radius 3 is 2.00 bits per heavy atom. The van der Waals surface area contributed by atoms with Crippen LogP contribution in [0.4, 0.5) is 0 Å². The first-order chi connectivity index (χ1) is 4.71. The standard InChI is InChI=1S/C8H18SSi/c1-10(2)7-3-5-9-6-4-8-10/h3-8H2,1-2H3. The van der Waals surface area contributed by atoms with Crippen LogP contribution in [0.1, 0.15) is 12.8 Å². The topological polar surface area (TPSA) is 0 Å². The van der Waals surface area contributed by atoms with Crippen LogP contribution in [0.25, 0.3) is 0 Å². The van der Waals surface area contributed by atoms with Crippen LogP contribution in [-0.4, -0.2) is 19.6 Å². The zero-order chi connectivity index (χ0) is 7.45. The largest absolute Gasteiger partial charge is 0.162 e. The highest BCUT2D eigenvalue weighted by Crippen LogP contribution is 2.25. The van der Waals surface area contributed by atoms with Crippen LogP contribution in [0.15, 0.2) is 0 Å². The van der Waals surface area contributed by atoms with Crippen molar-refractivity contribution in [2.75, 3.05) is 11.5 Å². The van der Waals surface area contributed by atoms with Crippen molar-refractivity contribution in [2.45, 2.75) is 38.0 Å². The maximum Gasteiger partial charge on any atom is 0.0474 e. The van der Waals surface area contributed by atoms with E-state index in [4.69, 9.17) is 0 Å². The lowest BCUT2D eigenvalue weighted by Crippen LogP contribution is -2.26. The summed E-state index contributed by atoms with van der Waals surface area (Å²) in [6.07, 6.45) is 2.98. The quantitative estimate of drug-likeness (QED) is 0.508. The van der Waals surface area contributed by atoms with Crippen molar-refractivity contribution < 1.29 is 0 Å². The Hall–Kier alpha value is 0.567. The van der Waals surface area contributed by atoms with Crippen molar-refractivity contribution in [3.8, 4) is 0 Å². The normalized spacial score (nSPS) is 27.0. The van der Waals surface area contributed by atoms with Crippen molar-refractivity contribution in [3.05, 3.63) is 0 Å². The molecule has 0 bridgehead atoms. The smallest absolute Gasteiger partial charge is 0.0474 e. The third kappa shape index (κ3) is 3.11. The molecule has 0 spiro atoms. The summed E-state index contributed by atoms with van der Waals surface area (Å²) in [6.45, 7) is 5.09. The molecule has 0 aromatic carbocycles. The van der Waals surface area contributed by atoms with Gasteiger partial charge in [-0.25, -0.2) is 0 Å². The molecular weight excluding hydrogens is 156 g/mol. The average molecular weight is 174 g/mol. The lowest BCUT2D eigenvalue weighted by molar-refractivity contribution is 0.973.